The van der Waals surface area contributed by atoms with E-state index in [1.54, 1.807) is 30.3 Å². The third kappa shape index (κ3) is 6.60. The number of aliphatic hydroxyl groups is 2. The van der Waals surface area contributed by atoms with E-state index in [-0.39, 0.29) is 18.3 Å². The highest BCUT2D eigenvalue weighted by atomic mass is 35.5. The molecule has 0 aliphatic rings. The molecule has 162 valence electrons. The van der Waals surface area contributed by atoms with Crippen LogP contribution in [0.3, 0.4) is 0 Å². The standard InChI is InChI=1S/C24H25ClN2O4/c25-21-8-4-7-20(14-21)24(29)16-26(15-19-5-2-1-3-6-19)23(17-28)13-18-9-11-22(12-10-18)27(30)31/h1-12,14,23-24,28-29H,13,15-17H2/t23-,24-/m0/s1. The summed E-state index contributed by atoms with van der Waals surface area (Å²) in [5, 5.41) is 32.5. The summed E-state index contributed by atoms with van der Waals surface area (Å²) in [6.45, 7) is 0.718. The predicted octanol–water partition coefficient (Wildman–Crippen LogP) is 4.39. The minimum Gasteiger partial charge on any atom is -0.395 e. The lowest BCUT2D eigenvalue weighted by atomic mass is 10.0. The van der Waals surface area contributed by atoms with E-state index in [1.165, 1.54) is 12.1 Å². The van der Waals surface area contributed by atoms with Crippen molar-refractivity contribution >= 4 is 17.3 Å². The van der Waals surface area contributed by atoms with Gasteiger partial charge in [-0.15, -0.1) is 0 Å². The first kappa shape index (κ1) is 22.9. The molecule has 0 fully saturated rings. The minimum atomic E-state index is -0.784. The molecule has 2 atom stereocenters. The van der Waals surface area contributed by atoms with E-state index in [9.17, 15) is 20.3 Å². The van der Waals surface area contributed by atoms with Gasteiger partial charge in [0.2, 0.25) is 0 Å². The summed E-state index contributed by atoms with van der Waals surface area (Å²) in [5.41, 5.74) is 2.67. The largest absolute Gasteiger partial charge is 0.395 e. The smallest absolute Gasteiger partial charge is 0.269 e. The summed E-state index contributed by atoms with van der Waals surface area (Å²) in [6.07, 6.45) is -0.294. The minimum absolute atomic E-state index is 0.0295. The molecular weight excluding hydrogens is 416 g/mol. The van der Waals surface area contributed by atoms with Gasteiger partial charge in [-0.3, -0.25) is 15.0 Å². The van der Waals surface area contributed by atoms with Gasteiger partial charge in [0.1, 0.15) is 0 Å². The van der Waals surface area contributed by atoms with Crippen LogP contribution in [-0.2, 0) is 13.0 Å². The summed E-state index contributed by atoms with van der Waals surface area (Å²) in [7, 11) is 0. The Kier molecular flexibility index (Phi) is 8.14. The number of benzene rings is 3. The van der Waals surface area contributed by atoms with E-state index in [1.807, 2.05) is 41.3 Å². The SMILES string of the molecule is O=[N+]([O-])c1ccc(C[C@@H](CO)N(Cc2ccccc2)C[C@H](O)c2cccc(Cl)c2)cc1. The molecule has 0 aliphatic heterocycles. The van der Waals surface area contributed by atoms with Crippen LogP contribution in [0.15, 0.2) is 78.9 Å². The molecule has 0 saturated heterocycles. The van der Waals surface area contributed by atoms with Crippen LogP contribution in [0.5, 0.6) is 0 Å². The molecule has 0 aliphatic carbocycles. The number of nitrogens with zero attached hydrogens (tertiary/aromatic N) is 2. The molecule has 0 unspecified atom stereocenters. The van der Waals surface area contributed by atoms with Gasteiger partial charge in [0, 0.05) is 36.3 Å². The number of non-ortho nitro benzene ring substituents is 1. The third-order valence-electron chi connectivity index (χ3n) is 5.22. The van der Waals surface area contributed by atoms with Gasteiger partial charge in [0.05, 0.1) is 17.6 Å². The zero-order valence-electron chi connectivity index (χ0n) is 17.0. The number of rotatable bonds is 10. The van der Waals surface area contributed by atoms with Crippen LogP contribution in [0.2, 0.25) is 5.02 Å². The van der Waals surface area contributed by atoms with Crippen molar-refractivity contribution in [1.29, 1.82) is 0 Å². The normalized spacial score (nSPS) is 13.2. The van der Waals surface area contributed by atoms with Gasteiger partial charge in [-0.25, -0.2) is 0 Å². The zero-order chi connectivity index (χ0) is 22.2. The van der Waals surface area contributed by atoms with Crippen LogP contribution in [-0.4, -0.2) is 39.2 Å². The maximum absolute atomic E-state index is 10.9. The van der Waals surface area contributed by atoms with Gasteiger partial charge >= 0.3 is 0 Å². The zero-order valence-corrected chi connectivity index (χ0v) is 17.7. The molecule has 3 aromatic rings. The lowest BCUT2D eigenvalue weighted by Gasteiger charge is -2.32. The van der Waals surface area contributed by atoms with Crippen LogP contribution in [0.4, 0.5) is 5.69 Å². The second-order valence-corrected chi connectivity index (χ2v) is 7.89. The fraction of sp³-hybridized carbons (Fsp3) is 0.250. The first-order valence-corrected chi connectivity index (χ1v) is 10.4. The number of hydrogen-bond donors (Lipinski definition) is 2. The van der Waals surface area contributed by atoms with Crippen molar-refractivity contribution in [3.05, 3.63) is 111 Å². The van der Waals surface area contributed by atoms with E-state index >= 15 is 0 Å². The number of nitro benzene ring substituents is 1. The van der Waals surface area contributed by atoms with Crippen molar-refractivity contribution < 1.29 is 15.1 Å². The molecule has 2 N–H and O–H groups in total. The molecule has 31 heavy (non-hydrogen) atoms. The molecule has 0 spiro atoms. The van der Waals surface area contributed by atoms with Crippen LogP contribution >= 0.6 is 11.6 Å². The fourth-order valence-electron chi connectivity index (χ4n) is 3.54. The van der Waals surface area contributed by atoms with Crippen LogP contribution < -0.4 is 0 Å². The molecular formula is C24H25ClN2O4. The molecule has 0 amide bonds. The van der Waals surface area contributed by atoms with Crippen molar-refractivity contribution in [1.82, 2.24) is 4.90 Å². The number of aliphatic hydroxyl groups excluding tert-OH is 2. The monoisotopic (exact) mass is 440 g/mol. The van der Waals surface area contributed by atoms with Crippen molar-refractivity contribution in [3.63, 3.8) is 0 Å². The molecule has 3 aromatic carbocycles. The number of halogens is 1. The molecule has 0 bridgehead atoms. The van der Waals surface area contributed by atoms with Crippen LogP contribution in [0, 0.1) is 10.1 Å². The Hall–Kier alpha value is -2.77. The summed E-state index contributed by atoms with van der Waals surface area (Å²) >= 11 is 6.07. The van der Waals surface area contributed by atoms with E-state index in [2.05, 4.69) is 0 Å². The summed E-state index contributed by atoms with van der Waals surface area (Å²) in [5.74, 6) is 0. The number of nitro groups is 1. The van der Waals surface area contributed by atoms with Crippen molar-refractivity contribution in [2.24, 2.45) is 0 Å². The molecule has 3 rings (SSSR count). The Labute approximate surface area is 186 Å². The van der Waals surface area contributed by atoms with Crippen molar-refractivity contribution in [3.8, 4) is 0 Å². The van der Waals surface area contributed by atoms with E-state index in [0.717, 1.165) is 11.1 Å². The highest BCUT2D eigenvalue weighted by Gasteiger charge is 2.23. The van der Waals surface area contributed by atoms with Gasteiger partial charge < -0.3 is 10.2 Å². The maximum Gasteiger partial charge on any atom is 0.269 e. The summed E-state index contributed by atoms with van der Waals surface area (Å²) in [4.78, 5) is 12.5. The third-order valence-corrected chi connectivity index (χ3v) is 5.45. The maximum atomic E-state index is 10.9. The van der Waals surface area contributed by atoms with Gasteiger partial charge in [0.15, 0.2) is 0 Å². The van der Waals surface area contributed by atoms with E-state index in [0.29, 0.717) is 30.1 Å². The summed E-state index contributed by atoms with van der Waals surface area (Å²) in [6, 6.07) is 23.0. The number of hydrogen-bond acceptors (Lipinski definition) is 5. The van der Waals surface area contributed by atoms with Gasteiger partial charge in [-0.2, -0.15) is 0 Å². The first-order chi connectivity index (χ1) is 15.0. The Morgan fingerprint density at radius 2 is 1.68 bits per heavy atom. The van der Waals surface area contributed by atoms with Crippen molar-refractivity contribution in [2.75, 3.05) is 13.2 Å². The summed E-state index contributed by atoms with van der Waals surface area (Å²) < 4.78 is 0. The molecule has 0 aromatic heterocycles. The highest BCUT2D eigenvalue weighted by molar-refractivity contribution is 6.30. The van der Waals surface area contributed by atoms with Gasteiger partial charge in [-0.1, -0.05) is 66.2 Å². The van der Waals surface area contributed by atoms with Crippen LogP contribution in [0.25, 0.3) is 0 Å². The Bertz CT molecular complexity index is 982. The Morgan fingerprint density at radius 1 is 0.968 bits per heavy atom. The molecule has 0 saturated carbocycles. The molecule has 7 heteroatoms. The van der Waals surface area contributed by atoms with Crippen LogP contribution in [0.1, 0.15) is 22.8 Å². The quantitative estimate of drug-likeness (QED) is 0.360. The average Bonchev–Trinajstić information content (AvgIpc) is 2.78. The predicted molar refractivity (Wildman–Crippen MR) is 121 cm³/mol. The molecule has 6 nitrogen and oxygen atoms in total. The van der Waals surface area contributed by atoms with Crippen molar-refractivity contribution in [2.45, 2.75) is 25.1 Å². The fourth-order valence-corrected chi connectivity index (χ4v) is 3.74. The van der Waals surface area contributed by atoms with E-state index in [4.69, 9.17) is 11.6 Å². The Balaban J connectivity index is 1.81. The second-order valence-electron chi connectivity index (χ2n) is 7.45. The lowest BCUT2D eigenvalue weighted by molar-refractivity contribution is -0.384. The first-order valence-electron chi connectivity index (χ1n) is 10.0. The molecule has 0 radical (unpaired) electrons. The Morgan fingerprint density at radius 3 is 2.29 bits per heavy atom. The van der Waals surface area contributed by atoms with E-state index < -0.39 is 11.0 Å². The van der Waals surface area contributed by atoms with Gasteiger partial charge in [0.25, 0.3) is 5.69 Å². The second kappa shape index (κ2) is 11.0. The topological polar surface area (TPSA) is 86.8 Å². The highest BCUT2D eigenvalue weighted by Crippen LogP contribution is 2.22. The lowest BCUT2D eigenvalue weighted by Crippen LogP contribution is -2.41. The molecule has 0 heterocycles. The van der Waals surface area contributed by atoms with Gasteiger partial charge in [-0.05, 0) is 35.2 Å². The average molecular weight is 441 g/mol.